The van der Waals surface area contributed by atoms with Gasteiger partial charge in [-0.25, -0.2) is 0 Å². The number of carbonyl (C=O) groups excluding carboxylic acids is 1. The Hall–Kier alpha value is -2.47. The number of nitrogens with zero attached hydrogens (tertiary/aromatic N) is 2. The van der Waals surface area contributed by atoms with Gasteiger partial charge in [-0.15, -0.1) is 10.2 Å². The van der Waals surface area contributed by atoms with Crippen molar-refractivity contribution in [2.75, 3.05) is 7.05 Å². The molecule has 1 amide bonds. The van der Waals surface area contributed by atoms with E-state index in [4.69, 9.17) is 10.5 Å². The van der Waals surface area contributed by atoms with Crippen molar-refractivity contribution in [3.8, 4) is 11.6 Å². The van der Waals surface area contributed by atoms with Crippen LogP contribution in [-0.2, 0) is 6.54 Å². The highest BCUT2D eigenvalue weighted by molar-refractivity contribution is 5.91. The van der Waals surface area contributed by atoms with Crippen LogP contribution in [0.2, 0.25) is 0 Å². The summed E-state index contributed by atoms with van der Waals surface area (Å²) in [5.74, 6) is 0.663. The van der Waals surface area contributed by atoms with E-state index in [2.05, 4.69) is 15.5 Å². The summed E-state index contributed by atoms with van der Waals surface area (Å²) in [4.78, 5) is 11.3. The molecule has 98 valence electrons. The van der Waals surface area contributed by atoms with Crippen molar-refractivity contribution < 1.29 is 9.53 Å². The zero-order chi connectivity index (χ0) is 13.7. The maximum Gasteiger partial charge on any atom is 0.271 e. The van der Waals surface area contributed by atoms with Gasteiger partial charge in [-0.05, 0) is 23.8 Å². The summed E-state index contributed by atoms with van der Waals surface area (Å²) in [6.45, 7) is 0.443. The summed E-state index contributed by atoms with van der Waals surface area (Å²) in [6, 6.07) is 10.5. The Bertz CT molecular complexity index is 569. The third-order valence-corrected chi connectivity index (χ3v) is 2.46. The highest BCUT2D eigenvalue weighted by Gasteiger charge is 2.06. The average Bonchev–Trinajstić information content (AvgIpc) is 2.47. The van der Waals surface area contributed by atoms with E-state index in [1.165, 1.54) is 7.05 Å². The van der Waals surface area contributed by atoms with Gasteiger partial charge in [-0.2, -0.15) is 0 Å². The van der Waals surface area contributed by atoms with E-state index < -0.39 is 0 Å². The monoisotopic (exact) mass is 258 g/mol. The molecule has 0 bridgehead atoms. The number of rotatable bonds is 4. The maximum absolute atomic E-state index is 11.3. The molecule has 0 saturated heterocycles. The molecule has 0 unspecified atom stereocenters. The Balaban J connectivity index is 2.12. The molecular weight excluding hydrogens is 244 g/mol. The second-order valence-electron chi connectivity index (χ2n) is 3.79. The predicted octanol–water partition coefficient (Wildman–Crippen LogP) is 1.09. The molecule has 3 N–H and O–H groups in total. The molecule has 0 radical (unpaired) electrons. The lowest BCUT2D eigenvalue weighted by Gasteiger charge is -2.05. The van der Waals surface area contributed by atoms with Crippen LogP contribution in [0.15, 0.2) is 36.4 Å². The topological polar surface area (TPSA) is 90.1 Å². The first-order chi connectivity index (χ1) is 9.22. The van der Waals surface area contributed by atoms with Crippen molar-refractivity contribution in [1.29, 1.82) is 0 Å². The number of ether oxygens (including phenoxy) is 1. The second kappa shape index (κ2) is 5.92. The Kier molecular flexibility index (Phi) is 4.04. The molecule has 6 nitrogen and oxygen atoms in total. The Labute approximate surface area is 110 Å². The van der Waals surface area contributed by atoms with Crippen LogP contribution in [0.4, 0.5) is 0 Å². The minimum absolute atomic E-state index is 0.241. The standard InChI is InChI=1S/C13H14N4O2/c1-15-13(18)11-5-6-12(17-16-11)19-10-4-2-3-9(7-10)8-14/h2-7H,8,14H2,1H3,(H,15,18). The zero-order valence-corrected chi connectivity index (χ0v) is 10.5. The number of nitrogens with one attached hydrogen (secondary N) is 1. The van der Waals surface area contributed by atoms with Crippen LogP contribution in [0.3, 0.4) is 0 Å². The highest BCUT2D eigenvalue weighted by Crippen LogP contribution is 2.19. The molecule has 0 atom stereocenters. The number of benzene rings is 1. The molecule has 0 aliphatic heterocycles. The quantitative estimate of drug-likeness (QED) is 0.856. The molecule has 2 rings (SSSR count). The number of amides is 1. The van der Waals surface area contributed by atoms with Crippen molar-refractivity contribution in [2.45, 2.75) is 6.54 Å². The van der Waals surface area contributed by atoms with Gasteiger partial charge >= 0.3 is 0 Å². The highest BCUT2D eigenvalue weighted by atomic mass is 16.5. The van der Waals surface area contributed by atoms with E-state index in [1.807, 2.05) is 18.2 Å². The molecule has 1 aromatic carbocycles. The molecule has 1 heterocycles. The number of carbonyl (C=O) groups is 1. The van der Waals surface area contributed by atoms with Crippen molar-refractivity contribution in [3.05, 3.63) is 47.7 Å². The third-order valence-electron chi connectivity index (χ3n) is 2.46. The van der Waals surface area contributed by atoms with Crippen LogP contribution in [0, 0.1) is 0 Å². The zero-order valence-electron chi connectivity index (χ0n) is 10.5. The van der Waals surface area contributed by atoms with E-state index in [0.29, 0.717) is 18.2 Å². The molecule has 0 aliphatic rings. The minimum Gasteiger partial charge on any atom is -0.438 e. The van der Waals surface area contributed by atoms with Crippen LogP contribution in [0.1, 0.15) is 16.1 Å². The fourth-order valence-electron chi connectivity index (χ4n) is 1.48. The lowest BCUT2D eigenvalue weighted by Crippen LogP contribution is -2.19. The van der Waals surface area contributed by atoms with Crippen molar-refractivity contribution in [1.82, 2.24) is 15.5 Å². The molecule has 0 aliphatic carbocycles. The maximum atomic E-state index is 11.3. The Morgan fingerprint density at radius 3 is 2.79 bits per heavy atom. The summed E-state index contributed by atoms with van der Waals surface area (Å²) >= 11 is 0. The minimum atomic E-state index is -0.288. The van der Waals surface area contributed by atoms with Gasteiger partial charge in [0.25, 0.3) is 5.91 Å². The van der Waals surface area contributed by atoms with Gasteiger partial charge in [0.15, 0.2) is 5.69 Å². The van der Waals surface area contributed by atoms with Gasteiger partial charge in [-0.1, -0.05) is 12.1 Å². The first-order valence-corrected chi connectivity index (χ1v) is 5.75. The molecule has 19 heavy (non-hydrogen) atoms. The molecule has 2 aromatic rings. The van der Waals surface area contributed by atoms with E-state index >= 15 is 0 Å². The lowest BCUT2D eigenvalue weighted by molar-refractivity contribution is 0.0957. The van der Waals surface area contributed by atoms with E-state index in [9.17, 15) is 4.79 Å². The summed E-state index contributed by atoms with van der Waals surface area (Å²) in [7, 11) is 1.53. The normalized spacial score (nSPS) is 10.0. The fourth-order valence-corrected chi connectivity index (χ4v) is 1.48. The van der Waals surface area contributed by atoms with Gasteiger partial charge in [0.2, 0.25) is 5.88 Å². The Morgan fingerprint density at radius 2 is 2.16 bits per heavy atom. The predicted molar refractivity (Wildman–Crippen MR) is 69.8 cm³/mol. The van der Waals surface area contributed by atoms with Gasteiger partial charge in [0.1, 0.15) is 5.75 Å². The van der Waals surface area contributed by atoms with Crippen LogP contribution in [-0.4, -0.2) is 23.2 Å². The Morgan fingerprint density at radius 1 is 1.32 bits per heavy atom. The first-order valence-electron chi connectivity index (χ1n) is 5.75. The van der Waals surface area contributed by atoms with Crippen LogP contribution in [0.25, 0.3) is 0 Å². The second-order valence-corrected chi connectivity index (χ2v) is 3.79. The van der Waals surface area contributed by atoms with Crippen LogP contribution >= 0.6 is 0 Å². The van der Waals surface area contributed by atoms with Gasteiger partial charge in [0, 0.05) is 19.7 Å². The van der Waals surface area contributed by atoms with Crippen molar-refractivity contribution >= 4 is 5.91 Å². The van der Waals surface area contributed by atoms with Crippen LogP contribution in [0.5, 0.6) is 11.6 Å². The SMILES string of the molecule is CNC(=O)c1ccc(Oc2cccc(CN)c2)nn1. The first kappa shape index (κ1) is 13.0. The fraction of sp³-hybridized carbons (Fsp3) is 0.154. The molecular formula is C13H14N4O2. The largest absolute Gasteiger partial charge is 0.438 e. The number of nitrogens with two attached hydrogens (primary N) is 1. The smallest absolute Gasteiger partial charge is 0.271 e. The summed E-state index contributed by atoms with van der Waals surface area (Å²) in [5, 5.41) is 10.1. The lowest BCUT2D eigenvalue weighted by atomic mass is 10.2. The van der Waals surface area contributed by atoms with E-state index in [-0.39, 0.29) is 11.6 Å². The number of aromatic nitrogens is 2. The van der Waals surface area contributed by atoms with E-state index in [0.717, 1.165) is 5.56 Å². The third kappa shape index (κ3) is 3.26. The van der Waals surface area contributed by atoms with Crippen molar-refractivity contribution in [2.24, 2.45) is 5.73 Å². The summed E-state index contributed by atoms with van der Waals surface area (Å²) < 4.78 is 5.53. The molecule has 1 aromatic heterocycles. The van der Waals surface area contributed by atoms with Crippen LogP contribution < -0.4 is 15.8 Å². The molecule has 6 heteroatoms. The number of hydrogen-bond acceptors (Lipinski definition) is 5. The van der Waals surface area contributed by atoms with Gasteiger partial charge in [0.05, 0.1) is 0 Å². The molecule has 0 saturated carbocycles. The number of hydrogen-bond donors (Lipinski definition) is 2. The van der Waals surface area contributed by atoms with E-state index in [1.54, 1.807) is 18.2 Å². The van der Waals surface area contributed by atoms with Gasteiger partial charge < -0.3 is 15.8 Å². The van der Waals surface area contributed by atoms with Crippen molar-refractivity contribution in [3.63, 3.8) is 0 Å². The summed E-state index contributed by atoms with van der Waals surface area (Å²) in [6.07, 6.45) is 0. The molecule has 0 fully saturated rings. The van der Waals surface area contributed by atoms with Gasteiger partial charge in [-0.3, -0.25) is 4.79 Å². The molecule has 0 spiro atoms. The average molecular weight is 258 g/mol. The summed E-state index contributed by atoms with van der Waals surface area (Å²) in [5.41, 5.74) is 6.76.